The molecule has 2 atom stereocenters. The van der Waals surface area contributed by atoms with Crippen LogP contribution in [-0.2, 0) is 15.4 Å². The topological polar surface area (TPSA) is 99.1 Å². The molecule has 6 nitrogen and oxygen atoms in total. The van der Waals surface area contributed by atoms with Gasteiger partial charge in [0.25, 0.3) is 0 Å². The van der Waals surface area contributed by atoms with Crippen molar-refractivity contribution in [2.75, 3.05) is 6.26 Å². The Kier molecular flexibility index (Phi) is 3.93. The second-order valence-electron chi connectivity index (χ2n) is 4.60. The van der Waals surface area contributed by atoms with Gasteiger partial charge >= 0.3 is 0 Å². The van der Waals surface area contributed by atoms with Gasteiger partial charge in [-0.3, -0.25) is 0 Å². The summed E-state index contributed by atoms with van der Waals surface area (Å²) in [5, 5.41) is 2.91. The van der Waals surface area contributed by atoms with Gasteiger partial charge in [-0.05, 0) is 20.3 Å². The highest BCUT2D eigenvalue weighted by atomic mass is 32.2. The van der Waals surface area contributed by atoms with Gasteiger partial charge in [0, 0.05) is 6.26 Å². The molecule has 0 bridgehead atoms. The molecule has 98 valence electrons. The molecule has 0 aliphatic carbocycles. The Bertz CT molecular complexity index is 479. The molecular weight excluding hydrogens is 242 g/mol. The lowest BCUT2D eigenvalue weighted by Gasteiger charge is -2.18. The predicted molar refractivity (Wildman–Crippen MR) is 64.0 cm³/mol. The minimum atomic E-state index is -3.23. The van der Waals surface area contributed by atoms with Crippen molar-refractivity contribution in [3.05, 3.63) is 11.7 Å². The second kappa shape index (κ2) is 4.73. The van der Waals surface area contributed by atoms with Crippen molar-refractivity contribution in [2.45, 2.75) is 44.4 Å². The lowest BCUT2D eigenvalue weighted by atomic mass is 9.98. The number of rotatable bonds is 5. The highest BCUT2D eigenvalue weighted by molar-refractivity contribution is 7.90. The van der Waals surface area contributed by atoms with E-state index in [1.165, 1.54) is 6.92 Å². The first-order chi connectivity index (χ1) is 7.68. The average molecular weight is 261 g/mol. The first kappa shape index (κ1) is 14.1. The van der Waals surface area contributed by atoms with Gasteiger partial charge in [0.2, 0.25) is 5.89 Å². The number of hydrogen-bond donors (Lipinski definition) is 1. The van der Waals surface area contributed by atoms with Gasteiger partial charge in [-0.15, -0.1) is 0 Å². The zero-order valence-electron chi connectivity index (χ0n) is 10.6. The first-order valence-electron chi connectivity index (χ1n) is 5.50. The Morgan fingerprint density at radius 2 is 2.12 bits per heavy atom. The zero-order valence-corrected chi connectivity index (χ0v) is 11.4. The summed E-state index contributed by atoms with van der Waals surface area (Å²) in [5.74, 6) is 0.445. The van der Waals surface area contributed by atoms with E-state index in [4.69, 9.17) is 10.3 Å². The van der Waals surface area contributed by atoms with Crippen molar-refractivity contribution in [2.24, 2.45) is 5.73 Å². The van der Waals surface area contributed by atoms with Crippen LogP contribution in [0.4, 0.5) is 0 Å². The van der Waals surface area contributed by atoms with Gasteiger partial charge in [0.1, 0.15) is 5.25 Å². The van der Waals surface area contributed by atoms with Gasteiger partial charge in [0.15, 0.2) is 15.7 Å². The molecular formula is C10H19N3O3S. The molecule has 0 spiro atoms. The number of aromatic nitrogens is 2. The summed E-state index contributed by atoms with van der Waals surface area (Å²) in [6.45, 7) is 5.32. The minimum absolute atomic E-state index is 0.162. The van der Waals surface area contributed by atoms with Crippen LogP contribution in [0.15, 0.2) is 4.52 Å². The van der Waals surface area contributed by atoms with Gasteiger partial charge in [-0.25, -0.2) is 8.42 Å². The van der Waals surface area contributed by atoms with Crippen LogP contribution < -0.4 is 5.73 Å². The monoisotopic (exact) mass is 261 g/mol. The molecule has 1 aromatic rings. The SMILES string of the molecule is CCCC(C)(N)c1nc(C(C)S(C)(=O)=O)no1. The van der Waals surface area contributed by atoms with Gasteiger partial charge in [-0.1, -0.05) is 18.5 Å². The van der Waals surface area contributed by atoms with E-state index in [2.05, 4.69) is 10.1 Å². The third kappa shape index (κ3) is 3.26. The Labute approximate surface area is 102 Å². The summed E-state index contributed by atoms with van der Waals surface area (Å²) in [6.07, 6.45) is 2.72. The molecule has 0 amide bonds. The molecule has 2 N–H and O–H groups in total. The van der Waals surface area contributed by atoms with Crippen molar-refractivity contribution in [3.63, 3.8) is 0 Å². The van der Waals surface area contributed by atoms with Crippen molar-refractivity contribution < 1.29 is 12.9 Å². The molecule has 0 saturated heterocycles. The lowest BCUT2D eigenvalue weighted by Crippen LogP contribution is -2.33. The smallest absolute Gasteiger partial charge is 0.246 e. The molecule has 0 radical (unpaired) electrons. The molecule has 2 unspecified atom stereocenters. The van der Waals surface area contributed by atoms with Gasteiger partial charge in [0.05, 0.1) is 5.54 Å². The molecule has 0 aliphatic rings. The van der Waals surface area contributed by atoms with E-state index in [1.807, 2.05) is 6.92 Å². The standard InChI is InChI=1S/C10H19N3O3S/c1-5-6-10(3,11)9-12-8(13-16-9)7(2)17(4,14)15/h7H,5-6,11H2,1-4H3. The Balaban J connectivity index is 3.00. The number of sulfone groups is 1. The fourth-order valence-corrected chi connectivity index (χ4v) is 1.93. The van der Waals surface area contributed by atoms with Crippen molar-refractivity contribution in [1.29, 1.82) is 0 Å². The maximum atomic E-state index is 11.4. The van der Waals surface area contributed by atoms with E-state index in [1.54, 1.807) is 6.92 Å². The summed E-state index contributed by atoms with van der Waals surface area (Å²) in [7, 11) is -3.23. The molecule has 17 heavy (non-hydrogen) atoms. The van der Waals surface area contributed by atoms with E-state index >= 15 is 0 Å². The van der Waals surface area contributed by atoms with Crippen LogP contribution in [0, 0.1) is 0 Å². The van der Waals surface area contributed by atoms with Crippen LogP contribution >= 0.6 is 0 Å². The minimum Gasteiger partial charge on any atom is -0.337 e. The molecule has 0 saturated carbocycles. The first-order valence-corrected chi connectivity index (χ1v) is 7.45. The van der Waals surface area contributed by atoms with Crippen molar-refractivity contribution in [1.82, 2.24) is 10.1 Å². The van der Waals surface area contributed by atoms with E-state index in [0.29, 0.717) is 6.42 Å². The Morgan fingerprint density at radius 3 is 2.59 bits per heavy atom. The highest BCUT2D eigenvalue weighted by Crippen LogP contribution is 2.24. The normalized spacial score (nSPS) is 17.7. The fraction of sp³-hybridized carbons (Fsp3) is 0.800. The molecule has 1 rings (SSSR count). The Hall–Kier alpha value is -0.950. The van der Waals surface area contributed by atoms with Crippen LogP contribution in [0.3, 0.4) is 0 Å². The van der Waals surface area contributed by atoms with Crippen LogP contribution in [0.25, 0.3) is 0 Å². The highest BCUT2D eigenvalue weighted by Gasteiger charge is 2.30. The van der Waals surface area contributed by atoms with E-state index in [0.717, 1.165) is 12.7 Å². The quantitative estimate of drug-likeness (QED) is 0.853. The van der Waals surface area contributed by atoms with Gasteiger partial charge < -0.3 is 10.3 Å². The molecule has 0 aliphatic heterocycles. The maximum absolute atomic E-state index is 11.4. The Morgan fingerprint density at radius 1 is 1.53 bits per heavy atom. The molecule has 0 aromatic carbocycles. The van der Waals surface area contributed by atoms with E-state index < -0.39 is 20.6 Å². The lowest BCUT2D eigenvalue weighted by molar-refractivity contribution is 0.282. The fourth-order valence-electron chi connectivity index (χ4n) is 1.45. The molecule has 1 aromatic heterocycles. The number of nitrogens with zero attached hydrogens (tertiary/aromatic N) is 2. The molecule has 1 heterocycles. The maximum Gasteiger partial charge on any atom is 0.246 e. The van der Waals surface area contributed by atoms with Crippen molar-refractivity contribution >= 4 is 9.84 Å². The van der Waals surface area contributed by atoms with Crippen LogP contribution in [0.1, 0.15) is 50.6 Å². The van der Waals surface area contributed by atoms with Crippen LogP contribution in [0.5, 0.6) is 0 Å². The summed E-state index contributed by atoms with van der Waals surface area (Å²) < 4.78 is 27.8. The summed E-state index contributed by atoms with van der Waals surface area (Å²) in [4.78, 5) is 4.08. The largest absolute Gasteiger partial charge is 0.337 e. The predicted octanol–water partition coefficient (Wildman–Crippen LogP) is 1.15. The molecule has 0 fully saturated rings. The number of hydrogen-bond acceptors (Lipinski definition) is 6. The van der Waals surface area contributed by atoms with E-state index in [9.17, 15) is 8.42 Å². The zero-order chi connectivity index (χ0) is 13.3. The average Bonchev–Trinajstić information content (AvgIpc) is 2.64. The van der Waals surface area contributed by atoms with Crippen molar-refractivity contribution in [3.8, 4) is 0 Å². The van der Waals surface area contributed by atoms with Crippen LogP contribution in [-0.4, -0.2) is 24.8 Å². The second-order valence-corrected chi connectivity index (χ2v) is 6.96. The number of nitrogens with two attached hydrogens (primary N) is 1. The third-order valence-corrected chi connectivity index (χ3v) is 4.20. The summed E-state index contributed by atoms with van der Waals surface area (Å²) in [6, 6.07) is 0. The van der Waals surface area contributed by atoms with E-state index in [-0.39, 0.29) is 11.7 Å². The third-order valence-electron chi connectivity index (χ3n) is 2.71. The van der Waals surface area contributed by atoms with Crippen LogP contribution in [0.2, 0.25) is 0 Å². The summed E-state index contributed by atoms with van der Waals surface area (Å²) in [5.41, 5.74) is 5.31. The molecule has 7 heteroatoms. The van der Waals surface area contributed by atoms with Gasteiger partial charge in [-0.2, -0.15) is 4.98 Å². The summed E-state index contributed by atoms with van der Waals surface area (Å²) >= 11 is 0.